The summed E-state index contributed by atoms with van der Waals surface area (Å²) in [7, 11) is 0. The second kappa shape index (κ2) is 16.5. The topological polar surface area (TPSA) is 133 Å². The van der Waals surface area contributed by atoms with Gasteiger partial charge in [0.25, 0.3) is 0 Å². The van der Waals surface area contributed by atoms with E-state index < -0.39 is 6.09 Å². The number of imidazole rings is 2. The van der Waals surface area contributed by atoms with Crippen LogP contribution in [0.2, 0.25) is 0 Å². The van der Waals surface area contributed by atoms with Crippen molar-refractivity contribution in [3.63, 3.8) is 0 Å². The SMILES string of the molecule is CCN(CC)[C@@H](C(=O)N1CCC[C@H]1c1ncc(-c2ccc(-c3ccc(-c4cnc([C@@H]5CCCN5CC5(NC(=O)O)CCCC5)[nH]4)cc3)cc2)[nH]1)c1ccccc1. The van der Waals surface area contributed by atoms with E-state index in [2.05, 4.69) is 99.6 Å². The molecule has 1 saturated carbocycles. The smallest absolute Gasteiger partial charge is 0.405 e. The number of amides is 2. The number of likely N-dealkylation sites (N-methyl/N-ethyl adjacent to an activating group) is 1. The molecule has 3 atom stereocenters. The van der Waals surface area contributed by atoms with Gasteiger partial charge in [-0.15, -0.1) is 0 Å². The summed E-state index contributed by atoms with van der Waals surface area (Å²) in [6.07, 6.45) is 10.7. The van der Waals surface area contributed by atoms with Crippen LogP contribution < -0.4 is 5.32 Å². The first-order valence-electron chi connectivity index (χ1n) is 20.5. The molecule has 11 heteroatoms. The molecule has 56 heavy (non-hydrogen) atoms. The van der Waals surface area contributed by atoms with Gasteiger partial charge in [-0.2, -0.15) is 0 Å². The number of aromatic nitrogens is 4. The maximum atomic E-state index is 14.2. The molecule has 3 aliphatic rings. The third-order valence-electron chi connectivity index (χ3n) is 12.4. The Balaban J connectivity index is 0.924. The minimum Gasteiger partial charge on any atom is -0.465 e. The van der Waals surface area contributed by atoms with E-state index in [0.29, 0.717) is 0 Å². The zero-order valence-corrected chi connectivity index (χ0v) is 32.6. The summed E-state index contributed by atoms with van der Waals surface area (Å²) in [5, 5.41) is 12.4. The van der Waals surface area contributed by atoms with Crippen LogP contribution in [-0.2, 0) is 4.79 Å². The molecule has 2 aliphatic heterocycles. The van der Waals surface area contributed by atoms with Crippen molar-refractivity contribution in [3.05, 3.63) is 108 Å². The van der Waals surface area contributed by atoms with Gasteiger partial charge in [-0.25, -0.2) is 14.8 Å². The number of H-pyrrole nitrogens is 2. The highest BCUT2D eigenvalue weighted by molar-refractivity contribution is 5.84. The lowest BCUT2D eigenvalue weighted by Crippen LogP contribution is -2.53. The summed E-state index contributed by atoms with van der Waals surface area (Å²) in [6, 6.07) is 27.0. The number of rotatable bonds is 13. The highest BCUT2D eigenvalue weighted by Crippen LogP contribution is 2.38. The highest BCUT2D eigenvalue weighted by atomic mass is 16.4. The molecule has 4 heterocycles. The quantitative estimate of drug-likeness (QED) is 0.0947. The predicted molar refractivity (Wildman–Crippen MR) is 219 cm³/mol. The van der Waals surface area contributed by atoms with E-state index in [1.165, 1.54) is 0 Å². The molecule has 3 aromatic carbocycles. The van der Waals surface area contributed by atoms with Crippen LogP contribution in [0.25, 0.3) is 33.6 Å². The van der Waals surface area contributed by atoms with E-state index >= 15 is 0 Å². The van der Waals surface area contributed by atoms with Crippen molar-refractivity contribution in [1.29, 1.82) is 0 Å². The first-order chi connectivity index (χ1) is 27.3. The van der Waals surface area contributed by atoms with Crippen LogP contribution in [0.4, 0.5) is 4.79 Å². The number of likely N-dealkylation sites (tertiary alicyclic amines) is 2. The second-order valence-corrected chi connectivity index (χ2v) is 15.8. The van der Waals surface area contributed by atoms with Gasteiger partial charge in [-0.05, 0) is 86.0 Å². The van der Waals surface area contributed by atoms with Crippen LogP contribution in [0.3, 0.4) is 0 Å². The second-order valence-electron chi connectivity index (χ2n) is 15.8. The molecule has 2 aromatic heterocycles. The van der Waals surface area contributed by atoms with E-state index in [9.17, 15) is 14.7 Å². The molecule has 3 fully saturated rings. The van der Waals surface area contributed by atoms with E-state index in [1.54, 1.807) is 0 Å². The number of carbonyl (C=O) groups excluding carboxylic acids is 1. The fourth-order valence-electron chi connectivity index (χ4n) is 9.51. The first-order valence-corrected chi connectivity index (χ1v) is 20.5. The summed E-state index contributed by atoms with van der Waals surface area (Å²) in [4.78, 5) is 49.3. The van der Waals surface area contributed by atoms with Crippen molar-refractivity contribution < 1.29 is 14.7 Å². The minimum absolute atomic E-state index is 0.0796. The maximum Gasteiger partial charge on any atom is 0.405 e. The van der Waals surface area contributed by atoms with Crippen LogP contribution in [-0.4, -0.2) is 90.0 Å². The molecule has 0 bridgehead atoms. The Morgan fingerprint density at radius 2 is 1.30 bits per heavy atom. The van der Waals surface area contributed by atoms with Gasteiger partial charge in [0.15, 0.2) is 0 Å². The first kappa shape index (κ1) is 37.7. The number of benzene rings is 3. The summed E-state index contributed by atoms with van der Waals surface area (Å²) in [6.45, 7) is 8.24. The summed E-state index contributed by atoms with van der Waals surface area (Å²) >= 11 is 0. The Hall–Kier alpha value is -5.26. The van der Waals surface area contributed by atoms with Crippen molar-refractivity contribution in [3.8, 4) is 33.6 Å². The summed E-state index contributed by atoms with van der Waals surface area (Å²) in [5.41, 5.74) is 6.96. The van der Waals surface area contributed by atoms with E-state index in [1.807, 2.05) is 35.5 Å². The zero-order chi connectivity index (χ0) is 38.6. The minimum atomic E-state index is -0.931. The summed E-state index contributed by atoms with van der Waals surface area (Å²) in [5.74, 6) is 1.93. The van der Waals surface area contributed by atoms with Crippen molar-refractivity contribution in [2.75, 3.05) is 32.7 Å². The molecule has 11 nitrogen and oxygen atoms in total. The standard InChI is InChI=1S/C45H54N8O3/c1-3-51(4-2)40(35-12-6-5-7-13-35)43(54)53-27-11-15-39(53)42-47-29-37(49-42)34-22-18-32(19-23-34)31-16-20-33(21-17-31)36-28-46-41(48-36)38-14-10-26-52(38)30-45(50-44(55)56)24-8-9-25-45/h5-7,12-13,16-23,28-29,38-40,50H,3-4,8-11,14-15,24-27,30H2,1-2H3,(H,46,48)(H,47,49)(H,55,56)/t38-,39-,40+/m0/s1. The Labute approximate surface area is 329 Å². The molecular formula is C45H54N8O3. The fraction of sp³-hybridized carbons (Fsp3) is 0.422. The van der Waals surface area contributed by atoms with Gasteiger partial charge in [-0.3, -0.25) is 14.6 Å². The van der Waals surface area contributed by atoms with Gasteiger partial charge in [0, 0.05) is 13.1 Å². The molecule has 5 aromatic rings. The molecule has 1 aliphatic carbocycles. The van der Waals surface area contributed by atoms with Crippen molar-refractivity contribution in [1.82, 2.24) is 40.0 Å². The van der Waals surface area contributed by atoms with Crippen molar-refractivity contribution in [2.45, 2.75) is 88.9 Å². The lowest BCUT2D eigenvalue weighted by molar-refractivity contribution is -0.138. The number of nitrogens with one attached hydrogen (secondary N) is 3. The van der Waals surface area contributed by atoms with E-state index in [-0.39, 0.29) is 29.6 Å². The third kappa shape index (κ3) is 7.75. The molecule has 292 valence electrons. The lowest BCUT2D eigenvalue weighted by atomic mass is 9.96. The van der Waals surface area contributed by atoms with E-state index in [0.717, 1.165) is 135 Å². The van der Waals surface area contributed by atoms with Crippen LogP contribution in [0.1, 0.15) is 101 Å². The fourth-order valence-corrected chi connectivity index (χ4v) is 9.51. The largest absolute Gasteiger partial charge is 0.465 e. The number of hydrogen-bond acceptors (Lipinski definition) is 6. The molecular weight excluding hydrogens is 701 g/mol. The number of hydrogen-bond donors (Lipinski definition) is 4. The van der Waals surface area contributed by atoms with Gasteiger partial charge < -0.3 is 25.3 Å². The van der Waals surface area contributed by atoms with Crippen LogP contribution in [0.15, 0.2) is 91.3 Å². The molecule has 2 saturated heterocycles. The molecule has 0 radical (unpaired) electrons. The molecule has 0 spiro atoms. The number of aromatic amines is 2. The Bertz CT molecular complexity index is 2080. The van der Waals surface area contributed by atoms with Crippen LogP contribution in [0, 0.1) is 0 Å². The Kier molecular flexibility index (Phi) is 11.1. The normalized spacial score (nSPS) is 20.2. The van der Waals surface area contributed by atoms with Gasteiger partial charge in [0.1, 0.15) is 17.7 Å². The Morgan fingerprint density at radius 1 is 0.768 bits per heavy atom. The molecule has 2 amide bonds. The maximum absolute atomic E-state index is 14.2. The predicted octanol–water partition coefficient (Wildman–Crippen LogP) is 8.60. The monoisotopic (exact) mass is 754 g/mol. The third-order valence-corrected chi connectivity index (χ3v) is 12.4. The zero-order valence-electron chi connectivity index (χ0n) is 32.6. The number of nitrogens with zero attached hydrogens (tertiary/aromatic N) is 5. The average Bonchev–Trinajstić information content (AvgIpc) is 4.08. The van der Waals surface area contributed by atoms with Crippen LogP contribution in [0.5, 0.6) is 0 Å². The van der Waals surface area contributed by atoms with Crippen molar-refractivity contribution in [2.24, 2.45) is 0 Å². The lowest BCUT2D eigenvalue weighted by Gasteiger charge is -2.35. The Morgan fingerprint density at radius 3 is 1.88 bits per heavy atom. The highest BCUT2D eigenvalue weighted by Gasteiger charge is 2.41. The molecule has 4 N–H and O–H groups in total. The number of carboxylic acid groups (broad SMARTS) is 1. The van der Waals surface area contributed by atoms with Gasteiger partial charge >= 0.3 is 6.09 Å². The van der Waals surface area contributed by atoms with Gasteiger partial charge in [0.2, 0.25) is 5.91 Å². The van der Waals surface area contributed by atoms with E-state index in [4.69, 9.17) is 9.97 Å². The molecule has 0 unspecified atom stereocenters. The van der Waals surface area contributed by atoms with Gasteiger partial charge in [0.05, 0.1) is 41.4 Å². The number of carbonyl (C=O) groups is 2. The van der Waals surface area contributed by atoms with Crippen LogP contribution >= 0.6 is 0 Å². The van der Waals surface area contributed by atoms with Crippen molar-refractivity contribution >= 4 is 12.0 Å². The summed E-state index contributed by atoms with van der Waals surface area (Å²) < 4.78 is 0. The molecule has 8 rings (SSSR count). The average molecular weight is 755 g/mol. The van der Waals surface area contributed by atoms with Gasteiger partial charge in [-0.1, -0.05) is 106 Å².